The highest BCUT2D eigenvalue weighted by Crippen LogP contribution is 2.08. The molecule has 0 fully saturated rings. The first kappa shape index (κ1) is 19.5. The Kier molecular flexibility index (Phi) is 7.72. The molecule has 6 N–H and O–H groups in total. The maximum atomic E-state index is 10.2. The number of benzene rings is 2. The van der Waals surface area contributed by atoms with E-state index in [1.165, 1.54) is 6.21 Å². The third-order valence-corrected chi connectivity index (χ3v) is 3.46. The summed E-state index contributed by atoms with van der Waals surface area (Å²) in [6.07, 6.45) is -3.47. The average molecular weight is 358 g/mol. The van der Waals surface area contributed by atoms with Gasteiger partial charge in [0, 0.05) is 0 Å². The zero-order valence-electron chi connectivity index (χ0n) is 14.0. The summed E-state index contributed by atoms with van der Waals surface area (Å²) in [5, 5.41) is 46.7. The third kappa shape index (κ3) is 5.94. The van der Waals surface area contributed by atoms with Crippen LogP contribution in [0, 0.1) is 0 Å². The largest absolute Gasteiger partial charge is 0.394 e. The number of anilines is 2. The highest BCUT2D eigenvalue weighted by atomic mass is 16.4. The van der Waals surface area contributed by atoms with E-state index in [9.17, 15) is 15.3 Å². The van der Waals surface area contributed by atoms with E-state index in [4.69, 9.17) is 5.11 Å². The van der Waals surface area contributed by atoms with Gasteiger partial charge >= 0.3 is 0 Å². The monoisotopic (exact) mass is 358 g/mol. The second kappa shape index (κ2) is 10.3. The topological polar surface area (TPSA) is 130 Å². The molecule has 0 saturated carbocycles. The molecule has 0 spiro atoms. The van der Waals surface area contributed by atoms with Gasteiger partial charge in [-0.05, 0) is 24.3 Å². The van der Waals surface area contributed by atoms with Crippen LogP contribution in [0.5, 0.6) is 0 Å². The Balaban J connectivity index is 2.14. The number of rotatable bonds is 9. The van der Waals surface area contributed by atoms with Crippen LogP contribution in [-0.4, -0.2) is 57.3 Å². The van der Waals surface area contributed by atoms with Gasteiger partial charge in [0.2, 0.25) is 0 Å². The van der Waals surface area contributed by atoms with Gasteiger partial charge in [-0.25, -0.2) is 0 Å². The SMILES string of the molecule is OC[C@@H](O)[C@@H](O)[C@@H](O)C(/C=N\Nc1ccccc1)=N/Nc1ccccc1. The maximum Gasteiger partial charge on any atom is 0.128 e. The molecular formula is C18H22N4O4. The van der Waals surface area contributed by atoms with Crippen molar-refractivity contribution in [1.29, 1.82) is 0 Å². The quantitative estimate of drug-likeness (QED) is 0.288. The molecule has 0 radical (unpaired) electrons. The number of para-hydroxylation sites is 2. The summed E-state index contributed by atoms with van der Waals surface area (Å²) in [6, 6.07) is 18.1. The van der Waals surface area contributed by atoms with Crippen LogP contribution in [0.4, 0.5) is 11.4 Å². The first-order chi connectivity index (χ1) is 12.6. The summed E-state index contributed by atoms with van der Waals surface area (Å²) < 4.78 is 0. The van der Waals surface area contributed by atoms with E-state index >= 15 is 0 Å². The maximum absolute atomic E-state index is 10.2. The smallest absolute Gasteiger partial charge is 0.128 e. The minimum absolute atomic E-state index is 0.0303. The standard InChI is InChI=1S/C18H22N4O4/c23-12-16(24)18(26)17(25)15(22-21-14-9-5-2-6-10-14)11-19-20-13-7-3-1-4-8-13/h1-11,16-18,20-21,23-26H,12H2/b19-11-,22-15+/t16-,17+,18-/m1/s1. The van der Waals surface area contributed by atoms with Gasteiger partial charge < -0.3 is 20.4 Å². The minimum atomic E-state index is -1.63. The lowest BCUT2D eigenvalue weighted by molar-refractivity contribution is -0.0548. The lowest BCUT2D eigenvalue weighted by Crippen LogP contribution is -2.44. The van der Waals surface area contributed by atoms with Crippen molar-refractivity contribution in [3.63, 3.8) is 0 Å². The molecule has 0 saturated heterocycles. The van der Waals surface area contributed by atoms with Crippen LogP contribution >= 0.6 is 0 Å². The van der Waals surface area contributed by atoms with Crippen molar-refractivity contribution in [3.8, 4) is 0 Å². The zero-order valence-corrected chi connectivity index (χ0v) is 14.0. The first-order valence-electron chi connectivity index (χ1n) is 7.99. The second-order valence-electron chi connectivity index (χ2n) is 5.44. The van der Waals surface area contributed by atoms with E-state index in [2.05, 4.69) is 21.1 Å². The van der Waals surface area contributed by atoms with Crippen LogP contribution in [0.2, 0.25) is 0 Å². The van der Waals surface area contributed by atoms with E-state index in [0.29, 0.717) is 5.69 Å². The van der Waals surface area contributed by atoms with Crippen LogP contribution in [-0.2, 0) is 0 Å². The van der Waals surface area contributed by atoms with Crippen molar-refractivity contribution in [3.05, 3.63) is 60.7 Å². The molecule has 0 unspecified atom stereocenters. The molecule has 3 atom stereocenters. The van der Waals surface area contributed by atoms with Crippen molar-refractivity contribution in [2.24, 2.45) is 10.2 Å². The summed E-state index contributed by atoms with van der Waals surface area (Å²) in [7, 11) is 0. The fraction of sp³-hybridized carbons (Fsp3) is 0.222. The second-order valence-corrected chi connectivity index (χ2v) is 5.44. The number of aliphatic hydroxyl groups is 4. The fourth-order valence-corrected chi connectivity index (χ4v) is 1.99. The summed E-state index contributed by atoms with van der Waals surface area (Å²) in [4.78, 5) is 0. The Morgan fingerprint density at radius 3 is 1.96 bits per heavy atom. The summed E-state index contributed by atoms with van der Waals surface area (Å²) in [5.41, 5.74) is 6.87. The van der Waals surface area contributed by atoms with Crippen molar-refractivity contribution in [2.45, 2.75) is 18.3 Å². The third-order valence-electron chi connectivity index (χ3n) is 3.46. The van der Waals surface area contributed by atoms with E-state index in [1.54, 1.807) is 24.3 Å². The molecule has 0 heterocycles. The normalized spacial score (nSPS) is 15.5. The molecule has 2 aromatic rings. The molecule has 26 heavy (non-hydrogen) atoms. The molecule has 0 aliphatic rings. The molecule has 0 aromatic heterocycles. The van der Waals surface area contributed by atoms with Gasteiger partial charge in [-0.2, -0.15) is 10.2 Å². The Morgan fingerprint density at radius 1 is 0.885 bits per heavy atom. The molecule has 8 nitrogen and oxygen atoms in total. The Labute approximate surface area is 151 Å². The van der Waals surface area contributed by atoms with Gasteiger partial charge in [0.1, 0.15) is 24.0 Å². The van der Waals surface area contributed by atoms with Crippen LogP contribution in [0.25, 0.3) is 0 Å². The highest BCUT2D eigenvalue weighted by molar-refractivity contribution is 6.33. The number of hydrogen-bond acceptors (Lipinski definition) is 8. The van der Waals surface area contributed by atoms with Gasteiger partial charge in [-0.3, -0.25) is 10.9 Å². The Bertz CT molecular complexity index is 710. The summed E-state index contributed by atoms with van der Waals surface area (Å²) >= 11 is 0. The lowest BCUT2D eigenvalue weighted by Gasteiger charge is -2.21. The van der Waals surface area contributed by atoms with E-state index in [-0.39, 0.29) is 5.71 Å². The van der Waals surface area contributed by atoms with Gasteiger partial charge in [-0.15, -0.1) is 0 Å². The highest BCUT2D eigenvalue weighted by Gasteiger charge is 2.27. The summed E-state index contributed by atoms with van der Waals surface area (Å²) in [5.74, 6) is 0. The fourth-order valence-electron chi connectivity index (χ4n) is 1.99. The van der Waals surface area contributed by atoms with E-state index in [1.807, 2.05) is 36.4 Å². The van der Waals surface area contributed by atoms with Crippen LogP contribution < -0.4 is 10.9 Å². The van der Waals surface area contributed by atoms with Gasteiger partial charge in [0.05, 0.1) is 24.2 Å². The Hall–Kier alpha value is -2.78. The zero-order chi connectivity index (χ0) is 18.8. The summed E-state index contributed by atoms with van der Waals surface area (Å²) in [6.45, 7) is -0.697. The van der Waals surface area contributed by atoms with Crippen LogP contribution in [0.15, 0.2) is 70.9 Å². The predicted octanol–water partition coefficient (Wildman–Crippen LogP) is 0.627. The van der Waals surface area contributed by atoms with Crippen molar-refractivity contribution in [1.82, 2.24) is 0 Å². The number of nitrogens with zero attached hydrogens (tertiary/aromatic N) is 2. The number of hydrazone groups is 2. The van der Waals surface area contributed by atoms with Crippen molar-refractivity contribution in [2.75, 3.05) is 17.5 Å². The van der Waals surface area contributed by atoms with Gasteiger partial charge in [0.25, 0.3) is 0 Å². The molecule has 0 amide bonds. The lowest BCUT2D eigenvalue weighted by atomic mass is 10.0. The van der Waals surface area contributed by atoms with E-state index < -0.39 is 24.9 Å². The molecule has 0 aliphatic carbocycles. The van der Waals surface area contributed by atoms with Gasteiger partial charge in [-0.1, -0.05) is 36.4 Å². The number of aliphatic hydroxyl groups excluding tert-OH is 4. The van der Waals surface area contributed by atoms with E-state index in [0.717, 1.165) is 5.69 Å². The molecule has 2 aromatic carbocycles. The van der Waals surface area contributed by atoms with Gasteiger partial charge in [0.15, 0.2) is 0 Å². The molecular weight excluding hydrogens is 336 g/mol. The molecule has 2 rings (SSSR count). The Morgan fingerprint density at radius 2 is 1.42 bits per heavy atom. The number of hydrogen-bond donors (Lipinski definition) is 6. The molecule has 8 heteroatoms. The van der Waals surface area contributed by atoms with Crippen LogP contribution in [0.1, 0.15) is 0 Å². The van der Waals surface area contributed by atoms with Crippen LogP contribution in [0.3, 0.4) is 0 Å². The molecule has 0 bridgehead atoms. The van der Waals surface area contributed by atoms with Crippen molar-refractivity contribution >= 4 is 23.3 Å². The molecule has 138 valence electrons. The molecule has 0 aliphatic heterocycles. The predicted molar refractivity (Wildman–Crippen MR) is 101 cm³/mol. The average Bonchev–Trinajstić information content (AvgIpc) is 2.70. The number of nitrogens with one attached hydrogen (secondary N) is 2. The van der Waals surface area contributed by atoms with Crippen molar-refractivity contribution < 1.29 is 20.4 Å². The first-order valence-corrected chi connectivity index (χ1v) is 7.99. The minimum Gasteiger partial charge on any atom is -0.394 e.